The first-order valence-corrected chi connectivity index (χ1v) is 7.39. The molecule has 0 N–H and O–H groups in total. The number of rotatable bonds is 3. The number of aryl methyl sites for hydroxylation is 1. The van der Waals surface area contributed by atoms with Gasteiger partial charge in [-0.05, 0) is 29.5 Å². The van der Waals surface area contributed by atoms with Crippen LogP contribution >= 0.6 is 11.3 Å². The molecule has 1 heterocycles. The van der Waals surface area contributed by atoms with Crippen molar-refractivity contribution in [3.05, 3.63) is 28.0 Å². The van der Waals surface area contributed by atoms with E-state index >= 15 is 0 Å². The first-order chi connectivity index (χ1) is 8.45. The number of thiazole rings is 1. The molecule has 0 radical (unpaired) electrons. The van der Waals surface area contributed by atoms with E-state index in [9.17, 15) is 4.39 Å². The van der Waals surface area contributed by atoms with Crippen LogP contribution in [-0.2, 0) is 6.42 Å². The van der Waals surface area contributed by atoms with Crippen LogP contribution in [0.1, 0.15) is 62.6 Å². The normalized spacial score (nSPS) is 12.0. The SMILES string of the molecule is CCc1cc2sc(C(C)C)nc2c(F)c1C(C)C. The average Bonchev–Trinajstić information content (AvgIpc) is 2.72. The molecule has 98 valence electrons. The molecule has 3 heteroatoms. The molecule has 0 amide bonds. The Bertz CT molecular complexity index is 569. The highest BCUT2D eigenvalue weighted by Crippen LogP contribution is 2.34. The lowest BCUT2D eigenvalue weighted by Gasteiger charge is -2.12. The van der Waals surface area contributed by atoms with Gasteiger partial charge in [-0.1, -0.05) is 34.6 Å². The van der Waals surface area contributed by atoms with Crippen LogP contribution in [0.15, 0.2) is 6.07 Å². The molecule has 18 heavy (non-hydrogen) atoms. The Labute approximate surface area is 112 Å². The molecule has 1 nitrogen and oxygen atoms in total. The third-order valence-electron chi connectivity index (χ3n) is 3.22. The second-order valence-electron chi connectivity index (χ2n) is 5.33. The van der Waals surface area contributed by atoms with Crippen LogP contribution in [0.2, 0.25) is 0 Å². The van der Waals surface area contributed by atoms with Crippen molar-refractivity contribution in [2.45, 2.75) is 52.9 Å². The van der Waals surface area contributed by atoms with Crippen molar-refractivity contribution in [2.24, 2.45) is 0 Å². The number of halogens is 1. The van der Waals surface area contributed by atoms with E-state index < -0.39 is 0 Å². The van der Waals surface area contributed by atoms with E-state index in [1.165, 1.54) is 0 Å². The standard InChI is InChI=1S/C15H20FNS/c1-6-10-7-11-14(13(16)12(10)8(2)3)17-15(18-11)9(4)5/h7-9H,6H2,1-5H3. The molecule has 0 aliphatic rings. The molecule has 0 saturated carbocycles. The van der Waals surface area contributed by atoms with Crippen molar-refractivity contribution in [3.8, 4) is 0 Å². The Kier molecular flexibility index (Phi) is 3.71. The predicted molar refractivity (Wildman–Crippen MR) is 77.1 cm³/mol. The summed E-state index contributed by atoms with van der Waals surface area (Å²) < 4.78 is 15.6. The minimum absolute atomic E-state index is 0.109. The summed E-state index contributed by atoms with van der Waals surface area (Å²) in [6.07, 6.45) is 0.870. The van der Waals surface area contributed by atoms with Gasteiger partial charge >= 0.3 is 0 Å². The predicted octanol–water partition coefficient (Wildman–Crippen LogP) is 5.24. The molecule has 0 aliphatic carbocycles. The molecule has 1 aromatic carbocycles. The zero-order valence-electron chi connectivity index (χ0n) is 11.7. The summed E-state index contributed by atoms with van der Waals surface area (Å²) in [5.74, 6) is 0.449. The fraction of sp³-hybridized carbons (Fsp3) is 0.533. The van der Waals surface area contributed by atoms with Crippen LogP contribution < -0.4 is 0 Å². The third kappa shape index (κ3) is 2.16. The quantitative estimate of drug-likeness (QED) is 0.739. The van der Waals surface area contributed by atoms with Crippen LogP contribution in [0.25, 0.3) is 10.2 Å². The van der Waals surface area contributed by atoms with Gasteiger partial charge in [0.2, 0.25) is 0 Å². The fourth-order valence-electron chi connectivity index (χ4n) is 2.27. The van der Waals surface area contributed by atoms with Crippen molar-refractivity contribution < 1.29 is 4.39 Å². The van der Waals surface area contributed by atoms with E-state index in [0.29, 0.717) is 11.4 Å². The Morgan fingerprint density at radius 1 is 1.22 bits per heavy atom. The molecule has 2 rings (SSSR count). The molecule has 0 saturated heterocycles. The van der Waals surface area contributed by atoms with Crippen molar-refractivity contribution >= 4 is 21.6 Å². The molecular formula is C15H20FNS. The van der Waals surface area contributed by atoms with Crippen molar-refractivity contribution in [3.63, 3.8) is 0 Å². The van der Waals surface area contributed by atoms with E-state index in [1.807, 2.05) is 13.8 Å². The van der Waals surface area contributed by atoms with Crippen LogP contribution in [0.5, 0.6) is 0 Å². The first-order valence-electron chi connectivity index (χ1n) is 6.57. The third-order valence-corrected chi connectivity index (χ3v) is 4.52. The van der Waals surface area contributed by atoms with Gasteiger partial charge in [0, 0.05) is 5.92 Å². The summed E-state index contributed by atoms with van der Waals surface area (Å²) in [6.45, 7) is 10.4. The first kappa shape index (κ1) is 13.5. The highest BCUT2D eigenvalue weighted by molar-refractivity contribution is 7.18. The van der Waals surface area contributed by atoms with Gasteiger partial charge in [-0.15, -0.1) is 11.3 Å². The second kappa shape index (κ2) is 4.96. The van der Waals surface area contributed by atoms with Gasteiger partial charge in [-0.3, -0.25) is 0 Å². The van der Waals surface area contributed by atoms with Crippen LogP contribution in [0.3, 0.4) is 0 Å². The van der Waals surface area contributed by atoms with E-state index in [4.69, 9.17) is 0 Å². The maximum atomic E-state index is 14.6. The van der Waals surface area contributed by atoms with Crippen LogP contribution in [0, 0.1) is 5.82 Å². The Morgan fingerprint density at radius 2 is 1.89 bits per heavy atom. The van der Waals surface area contributed by atoms with Crippen molar-refractivity contribution in [2.75, 3.05) is 0 Å². The van der Waals surface area contributed by atoms with Gasteiger partial charge in [0.25, 0.3) is 0 Å². The summed E-state index contributed by atoms with van der Waals surface area (Å²) in [6, 6.07) is 2.12. The summed E-state index contributed by atoms with van der Waals surface area (Å²) in [5, 5.41) is 1.02. The molecule has 0 fully saturated rings. The molecule has 1 aromatic heterocycles. The molecule has 0 aliphatic heterocycles. The number of fused-ring (bicyclic) bond motifs is 1. The van der Waals surface area contributed by atoms with Gasteiger partial charge in [-0.2, -0.15) is 0 Å². The second-order valence-corrected chi connectivity index (χ2v) is 6.39. The highest BCUT2D eigenvalue weighted by Gasteiger charge is 2.19. The zero-order valence-corrected chi connectivity index (χ0v) is 12.5. The van der Waals surface area contributed by atoms with Gasteiger partial charge in [0.1, 0.15) is 5.52 Å². The largest absolute Gasteiger partial charge is 0.238 e. The minimum atomic E-state index is -0.109. The molecule has 0 spiro atoms. The average molecular weight is 265 g/mol. The Morgan fingerprint density at radius 3 is 2.39 bits per heavy atom. The number of benzene rings is 1. The smallest absolute Gasteiger partial charge is 0.154 e. The van der Waals surface area contributed by atoms with Gasteiger partial charge in [0.05, 0.1) is 9.71 Å². The maximum absolute atomic E-state index is 14.6. The van der Waals surface area contributed by atoms with Gasteiger partial charge in [-0.25, -0.2) is 9.37 Å². The molecule has 0 bridgehead atoms. The fourth-order valence-corrected chi connectivity index (χ4v) is 3.30. The van der Waals surface area contributed by atoms with Crippen molar-refractivity contribution in [1.82, 2.24) is 4.98 Å². The summed E-state index contributed by atoms with van der Waals surface area (Å²) in [5.41, 5.74) is 2.52. The van der Waals surface area contributed by atoms with Gasteiger partial charge in [0.15, 0.2) is 5.82 Å². The van der Waals surface area contributed by atoms with E-state index in [1.54, 1.807) is 11.3 Å². The molecule has 2 aromatic rings. The van der Waals surface area contributed by atoms with Crippen LogP contribution in [0.4, 0.5) is 4.39 Å². The monoisotopic (exact) mass is 265 g/mol. The molecule has 0 atom stereocenters. The topological polar surface area (TPSA) is 12.9 Å². The number of aromatic nitrogens is 1. The summed E-state index contributed by atoms with van der Waals surface area (Å²) in [7, 11) is 0. The zero-order chi connectivity index (χ0) is 13.4. The number of hydrogen-bond acceptors (Lipinski definition) is 2. The highest BCUT2D eigenvalue weighted by atomic mass is 32.1. The minimum Gasteiger partial charge on any atom is -0.238 e. The van der Waals surface area contributed by atoms with E-state index in [-0.39, 0.29) is 11.7 Å². The Hall–Kier alpha value is -0.960. The number of hydrogen-bond donors (Lipinski definition) is 0. The van der Waals surface area contributed by atoms with Crippen LogP contribution in [-0.4, -0.2) is 4.98 Å². The molecular weight excluding hydrogens is 245 g/mol. The lowest BCUT2D eigenvalue weighted by atomic mass is 9.94. The lowest BCUT2D eigenvalue weighted by Crippen LogP contribution is -2.00. The summed E-state index contributed by atoms with van der Waals surface area (Å²) >= 11 is 1.62. The lowest BCUT2D eigenvalue weighted by molar-refractivity contribution is 0.603. The number of nitrogens with zero attached hydrogens (tertiary/aromatic N) is 1. The van der Waals surface area contributed by atoms with E-state index in [2.05, 4.69) is 31.8 Å². The van der Waals surface area contributed by atoms with E-state index in [0.717, 1.165) is 27.3 Å². The Balaban J connectivity index is 2.74. The maximum Gasteiger partial charge on any atom is 0.154 e. The molecule has 0 unspecified atom stereocenters. The van der Waals surface area contributed by atoms with Gasteiger partial charge < -0.3 is 0 Å². The summed E-state index contributed by atoms with van der Waals surface area (Å²) in [4.78, 5) is 4.47. The van der Waals surface area contributed by atoms with Crippen molar-refractivity contribution in [1.29, 1.82) is 0 Å².